The molecule has 20 heavy (non-hydrogen) atoms. The van der Waals surface area contributed by atoms with Gasteiger partial charge in [0.25, 0.3) is 5.91 Å². The number of carbonyl (C=O) groups excluding carboxylic acids is 1. The molecule has 2 unspecified atom stereocenters. The standard InChI is InChI=1S/C15H19F2NO2/c1-9-6-12(14(17)8-13(9)16)15(20)18-5-3-4-11(18)7-10(2)19/h6,8,10-11,19H,3-5,7H2,1-2H3. The van der Waals surface area contributed by atoms with E-state index in [0.717, 1.165) is 18.9 Å². The lowest BCUT2D eigenvalue weighted by Gasteiger charge is -2.26. The lowest BCUT2D eigenvalue weighted by atomic mass is 10.1. The number of aliphatic hydroxyl groups is 1. The molecule has 0 saturated carbocycles. The van der Waals surface area contributed by atoms with Gasteiger partial charge in [0.1, 0.15) is 11.6 Å². The summed E-state index contributed by atoms with van der Waals surface area (Å²) in [5.41, 5.74) is 0.155. The topological polar surface area (TPSA) is 40.5 Å². The number of aryl methyl sites for hydroxylation is 1. The Labute approximate surface area is 117 Å². The summed E-state index contributed by atoms with van der Waals surface area (Å²) >= 11 is 0. The predicted octanol–water partition coefficient (Wildman–Crippen LogP) is 2.65. The second-order valence-electron chi connectivity index (χ2n) is 5.46. The fraction of sp³-hybridized carbons (Fsp3) is 0.533. The number of aliphatic hydroxyl groups excluding tert-OH is 1. The number of nitrogens with zero attached hydrogens (tertiary/aromatic N) is 1. The average molecular weight is 283 g/mol. The van der Waals surface area contributed by atoms with Crippen molar-refractivity contribution in [2.45, 2.75) is 45.3 Å². The molecule has 1 N–H and O–H groups in total. The highest BCUT2D eigenvalue weighted by atomic mass is 19.1. The third kappa shape index (κ3) is 2.98. The molecule has 5 heteroatoms. The molecule has 0 spiro atoms. The van der Waals surface area contributed by atoms with Gasteiger partial charge in [-0.15, -0.1) is 0 Å². The second-order valence-corrected chi connectivity index (χ2v) is 5.46. The van der Waals surface area contributed by atoms with Gasteiger partial charge in [-0.1, -0.05) is 0 Å². The van der Waals surface area contributed by atoms with Crippen molar-refractivity contribution in [2.75, 3.05) is 6.54 Å². The van der Waals surface area contributed by atoms with Gasteiger partial charge in [0.05, 0.1) is 11.7 Å². The van der Waals surface area contributed by atoms with Gasteiger partial charge in [-0.3, -0.25) is 4.79 Å². The predicted molar refractivity (Wildman–Crippen MR) is 71.5 cm³/mol. The van der Waals surface area contributed by atoms with Gasteiger partial charge in [0, 0.05) is 18.7 Å². The number of hydrogen-bond donors (Lipinski definition) is 1. The number of likely N-dealkylation sites (tertiary alicyclic amines) is 1. The molecule has 1 aromatic rings. The van der Waals surface area contributed by atoms with Crippen LogP contribution in [0.3, 0.4) is 0 Å². The van der Waals surface area contributed by atoms with Crippen molar-refractivity contribution in [1.29, 1.82) is 0 Å². The largest absolute Gasteiger partial charge is 0.393 e. The van der Waals surface area contributed by atoms with E-state index in [9.17, 15) is 18.7 Å². The molecule has 1 aliphatic rings. The summed E-state index contributed by atoms with van der Waals surface area (Å²) in [6.07, 6.45) is 1.62. The molecule has 2 atom stereocenters. The van der Waals surface area contributed by atoms with Crippen LogP contribution in [0.5, 0.6) is 0 Å². The summed E-state index contributed by atoms with van der Waals surface area (Å²) in [5.74, 6) is -1.91. The van der Waals surface area contributed by atoms with Crippen LogP contribution in [-0.4, -0.2) is 34.6 Å². The Morgan fingerprint density at radius 2 is 2.15 bits per heavy atom. The molecular formula is C15H19F2NO2. The summed E-state index contributed by atoms with van der Waals surface area (Å²) in [4.78, 5) is 14.0. The molecule has 1 amide bonds. The molecular weight excluding hydrogens is 264 g/mol. The maximum absolute atomic E-state index is 13.8. The first-order valence-electron chi connectivity index (χ1n) is 6.85. The van der Waals surface area contributed by atoms with Crippen molar-refractivity contribution < 1.29 is 18.7 Å². The minimum atomic E-state index is -0.833. The van der Waals surface area contributed by atoms with Gasteiger partial charge in [-0.2, -0.15) is 0 Å². The third-order valence-corrected chi connectivity index (χ3v) is 3.73. The van der Waals surface area contributed by atoms with Crippen LogP contribution in [0, 0.1) is 18.6 Å². The van der Waals surface area contributed by atoms with E-state index in [1.807, 2.05) is 0 Å². The fourth-order valence-electron chi connectivity index (χ4n) is 2.72. The summed E-state index contributed by atoms with van der Waals surface area (Å²) in [5, 5.41) is 9.46. The van der Waals surface area contributed by atoms with Crippen molar-refractivity contribution >= 4 is 5.91 Å². The summed E-state index contributed by atoms with van der Waals surface area (Å²) in [6, 6.07) is 1.93. The molecule has 1 saturated heterocycles. The highest BCUT2D eigenvalue weighted by molar-refractivity contribution is 5.95. The van der Waals surface area contributed by atoms with E-state index in [0.29, 0.717) is 13.0 Å². The zero-order chi connectivity index (χ0) is 14.9. The SMILES string of the molecule is Cc1cc(C(=O)N2CCCC2CC(C)O)c(F)cc1F. The van der Waals surface area contributed by atoms with Crippen LogP contribution in [0.4, 0.5) is 8.78 Å². The third-order valence-electron chi connectivity index (χ3n) is 3.73. The van der Waals surface area contributed by atoms with Crippen LogP contribution < -0.4 is 0 Å². The van der Waals surface area contributed by atoms with E-state index in [1.165, 1.54) is 13.0 Å². The van der Waals surface area contributed by atoms with E-state index in [-0.39, 0.29) is 17.2 Å². The van der Waals surface area contributed by atoms with Crippen LogP contribution in [-0.2, 0) is 0 Å². The average Bonchev–Trinajstić information content (AvgIpc) is 2.80. The first kappa shape index (κ1) is 14.9. The highest BCUT2D eigenvalue weighted by Gasteiger charge is 2.31. The zero-order valence-electron chi connectivity index (χ0n) is 11.7. The Bertz CT molecular complexity index is 517. The Morgan fingerprint density at radius 3 is 2.80 bits per heavy atom. The van der Waals surface area contributed by atoms with Crippen LogP contribution in [0.1, 0.15) is 42.1 Å². The molecule has 0 aliphatic carbocycles. The minimum Gasteiger partial charge on any atom is -0.393 e. The van der Waals surface area contributed by atoms with Crippen molar-refractivity contribution in [1.82, 2.24) is 4.90 Å². The molecule has 3 nitrogen and oxygen atoms in total. The molecule has 110 valence electrons. The molecule has 1 aliphatic heterocycles. The first-order valence-corrected chi connectivity index (χ1v) is 6.85. The van der Waals surface area contributed by atoms with Crippen LogP contribution in [0.25, 0.3) is 0 Å². The van der Waals surface area contributed by atoms with Crippen molar-refractivity contribution in [3.63, 3.8) is 0 Å². The second kappa shape index (κ2) is 5.87. The van der Waals surface area contributed by atoms with Crippen LogP contribution in [0.2, 0.25) is 0 Å². The Balaban J connectivity index is 2.24. The normalized spacial score (nSPS) is 20.2. The molecule has 0 aromatic heterocycles. The van der Waals surface area contributed by atoms with Crippen LogP contribution in [0.15, 0.2) is 12.1 Å². The summed E-state index contributed by atoms with van der Waals surface area (Å²) < 4.78 is 27.0. The minimum absolute atomic E-state index is 0.0766. The van der Waals surface area contributed by atoms with Gasteiger partial charge < -0.3 is 10.0 Å². The van der Waals surface area contributed by atoms with Gasteiger partial charge >= 0.3 is 0 Å². The summed E-state index contributed by atoms with van der Waals surface area (Å²) in [7, 11) is 0. The van der Waals surface area contributed by atoms with Gasteiger partial charge in [-0.05, 0) is 44.7 Å². The fourth-order valence-corrected chi connectivity index (χ4v) is 2.72. The Hall–Kier alpha value is -1.49. The zero-order valence-corrected chi connectivity index (χ0v) is 11.7. The maximum Gasteiger partial charge on any atom is 0.257 e. The van der Waals surface area contributed by atoms with E-state index in [4.69, 9.17) is 0 Å². The molecule has 0 radical (unpaired) electrons. The molecule has 1 aromatic carbocycles. The van der Waals surface area contributed by atoms with Crippen molar-refractivity contribution in [3.8, 4) is 0 Å². The first-order chi connectivity index (χ1) is 9.40. The maximum atomic E-state index is 13.8. The molecule has 0 bridgehead atoms. The van der Waals surface area contributed by atoms with Crippen LogP contribution >= 0.6 is 0 Å². The van der Waals surface area contributed by atoms with Gasteiger partial charge in [-0.25, -0.2) is 8.78 Å². The smallest absolute Gasteiger partial charge is 0.257 e. The van der Waals surface area contributed by atoms with Crippen molar-refractivity contribution in [3.05, 3.63) is 34.9 Å². The van der Waals surface area contributed by atoms with Gasteiger partial charge in [0.2, 0.25) is 0 Å². The lowest BCUT2D eigenvalue weighted by molar-refractivity contribution is 0.0677. The molecule has 1 heterocycles. The summed E-state index contributed by atoms with van der Waals surface area (Å²) in [6.45, 7) is 3.72. The van der Waals surface area contributed by atoms with E-state index in [2.05, 4.69) is 0 Å². The lowest BCUT2D eigenvalue weighted by Crippen LogP contribution is -2.37. The number of rotatable bonds is 3. The highest BCUT2D eigenvalue weighted by Crippen LogP contribution is 2.25. The van der Waals surface area contributed by atoms with Crippen molar-refractivity contribution in [2.24, 2.45) is 0 Å². The van der Waals surface area contributed by atoms with E-state index in [1.54, 1.807) is 11.8 Å². The monoisotopic (exact) mass is 283 g/mol. The Morgan fingerprint density at radius 1 is 1.45 bits per heavy atom. The van der Waals surface area contributed by atoms with E-state index < -0.39 is 23.6 Å². The molecule has 1 fully saturated rings. The number of halogens is 2. The van der Waals surface area contributed by atoms with Gasteiger partial charge in [0.15, 0.2) is 0 Å². The molecule has 2 rings (SSSR count). The number of benzene rings is 1. The van der Waals surface area contributed by atoms with E-state index >= 15 is 0 Å². The number of carbonyl (C=O) groups is 1. The number of amides is 1. The number of hydrogen-bond acceptors (Lipinski definition) is 2. The quantitative estimate of drug-likeness (QED) is 0.926. The Kier molecular flexibility index (Phi) is 4.38.